The zero-order valence-electron chi connectivity index (χ0n) is 16.0. The van der Waals surface area contributed by atoms with Gasteiger partial charge in [-0.25, -0.2) is 9.98 Å². The summed E-state index contributed by atoms with van der Waals surface area (Å²) >= 11 is 0. The summed E-state index contributed by atoms with van der Waals surface area (Å²) in [6.07, 6.45) is 1.72. The summed E-state index contributed by atoms with van der Waals surface area (Å²) in [5.41, 5.74) is 0.987. The molecule has 0 spiro atoms. The molecule has 0 saturated carbocycles. The fourth-order valence-corrected chi connectivity index (χ4v) is 3.29. The van der Waals surface area contributed by atoms with E-state index in [1.807, 2.05) is 37.3 Å². The minimum atomic E-state index is -0.166. The first-order valence-corrected chi connectivity index (χ1v) is 9.23. The third-order valence-electron chi connectivity index (χ3n) is 4.73. The number of nitrogens with zero attached hydrogens (tertiary/aromatic N) is 3. The van der Waals surface area contributed by atoms with Crippen LogP contribution in [0, 0.1) is 11.8 Å². The number of carbonyl (C=O) groups is 1. The maximum absolute atomic E-state index is 11.9. The molecule has 3 rings (SSSR count). The summed E-state index contributed by atoms with van der Waals surface area (Å²) in [5, 5.41) is 3.29. The fraction of sp³-hybridized carbons (Fsp3) is 0.450. The smallest absolute Gasteiger partial charge is 0.310 e. The SMILES string of the molecule is CCNC(=NCc1ncc(-c2ccccc2)o1)N1CC(C)C(C(=O)OC)C1. The lowest BCUT2D eigenvalue weighted by atomic mass is 9.99. The quantitative estimate of drug-likeness (QED) is 0.495. The van der Waals surface area contributed by atoms with Gasteiger partial charge < -0.3 is 19.4 Å². The number of esters is 1. The highest BCUT2D eigenvalue weighted by atomic mass is 16.5. The number of benzene rings is 1. The Balaban J connectivity index is 1.70. The van der Waals surface area contributed by atoms with Crippen LogP contribution in [0.1, 0.15) is 19.7 Å². The number of nitrogens with one attached hydrogen (secondary N) is 1. The third kappa shape index (κ3) is 4.48. The van der Waals surface area contributed by atoms with Crippen molar-refractivity contribution in [1.29, 1.82) is 0 Å². The number of carbonyl (C=O) groups excluding carboxylic acids is 1. The molecule has 1 aromatic carbocycles. The largest absolute Gasteiger partial charge is 0.469 e. The number of rotatable bonds is 5. The van der Waals surface area contributed by atoms with Crippen molar-refractivity contribution >= 4 is 11.9 Å². The van der Waals surface area contributed by atoms with Crippen molar-refractivity contribution in [3.8, 4) is 11.3 Å². The molecule has 7 heteroatoms. The standard InChI is InChI=1S/C20H26N4O3/c1-4-21-20(24-12-14(2)16(13-24)19(25)26-3)23-11-18-22-10-17(27-18)15-8-6-5-7-9-15/h5-10,14,16H,4,11-13H2,1-3H3,(H,21,23). The van der Waals surface area contributed by atoms with E-state index < -0.39 is 0 Å². The average Bonchev–Trinajstić information content (AvgIpc) is 3.32. The highest BCUT2D eigenvalue weighted by molar-refractivity contribution is 5.82. The second kappa shape index (κ2) is 8.70. The molecule has 7 nitrogen and oxygen atoms in total. The third-order valence-corrected chi connectivity index (χ3v) is 4.73. The first-order valence-electron chi connectivity index (χ1n) is 9.23. The number of aromatic nitrogens is 1. The van der Waals surface area contributed by atoms with Crippen LogP contribution in [-0.4, -0.2) is 48.6 Å². The van der Waals surface area contributed by atoms with Crippen LogP contribution in [0.25, 0.3) is 11.3 Å². The molecule has 0 radical (unpaired) electrons. The van der Waals surface area contributed by atoms with Gasteiger partial charge in [0.2, 0.25) is 5.89 Å². The summed E-state index contributed by atoms with van der Waals surface area (Å²) in [7, 11) is 1.43. The molecule has 144 valence electrons. The second-order valence-electron chi connectivity index (χ2n) is 6.67. The van der Waals surface area contributed by atoms with E-state index in [2.05, 4.69) is 27.1 Å². The van der Waals surface area contributed by atoms with Crippen molar-refractivity contribution in [2.45, 2.75) is 20.4 Å². The monoisotopic (exact) mass is 370 g/mol. The minimum Gasteiger partial charge on any atom is -0.469 e. The van der Waals surface area contributed by atoms with Crippen LogP contribution in [0.4, 0.5) is 0 Å². The Morgan fingerprint density at radius 1 is 1.37 bits per heavy atom. The Bertz CT molecular complexity index is 788. The predicted molar refractivity (Wildman–Crippen MR) is 103 cm³/mol. The lowest BCUT2D eigenvalue weighted by Crippen LogP contribution is -2.40. The van der Waals surface area contributed by atoms with E-state index in [0.29, 0.717) is 19.0 Å². The molecule has 1 fully saturated rings. The van der Waals surface area contributed by atoms with Crippen LogP contribution in [0.15, 0.2) is 45.9 Å². The average molecular weight is 370 g/mol. The van der Waals surface area contributed by atoms with Gasteiger partial charge in [-0.15, -0.1) is 0 Å². The molecule has 2 aromatic rings. The highest BCUT2D eigenvalue weighted by Crippen LogP contribution is 2.24. The number of methoxy groups -OCH3 is 1. The molecule has 1 aromatic heterocycles. The molecule has 1 saturated heterocycles. The van der Waals surface area contributed by atoms with E-state index in [1.165, 1.54) is 7.11 Å². The summed E-state index contributed by atoms with van der Waals surface area (Å²) in [4.78, 5) is 23.0. The van der Waals surface area contributed by atoms with E-state index in [9.17, 15) is 4.79 Å². The Kier molecular flexibility index (Phi) is 6.11. The minimum absolute atomic E-state index is 0.134. The molecule has 1 N–H and O–H groups in total. The van der Waals surface area contributed by atoms with Crippen molar-refractivity contribution in [3.05, 3.63) is 42.4 Å². The zero-order chi connectivity index (χ0) is 19.2. The number of aliphatic imine (C=N–C) groups is 1. The van der Waals surface area contributed by atoms with Crippen molar-refractivity contribution < 1.29 is 13.9 Å². The molecular weight excluding hydrogens is 344 g/mol. The molecule has 2 unspecified atom stereocenters. The number of hydrogen-bond acceptors (Lipinski definition) is 5. The predicted octanol–water partition coefficient (Wildman–Crippen LogP) is 2.55. The topological polar surface area (TPSA) is 80.0 Å². The van der Waals surface area contributed by atoms with Crippen LogP contribution in [0.2, 0.25) is 0 Å². The van der Waals surface area contributed by atoms with Gasteiger partial charge in [0.15, 0.2) is 11.7 Å². The summed E-state index contributed by atoms with van der Waals surface area (Å²) < 4.78 is 10.7. The summed E-state index contributed by atoms with van der Waals surface area (Å²) in [6.45, 7) is 6.51. The molecular formula is C20H26N4O3. The number of oxazole rings is 1. The Labute approximate surface area is 159 Å². The lowest BCUT2D eigenvalue weighted by Gasteiger charge is -2.21. The van der Waals surface area contributed by atoms with Crippen LogP contribution in [0.5, 0.6) is 0 Å². The van der Waals surface area contributed by atoms with Gasteiger partial charge >= 0.3 is 5.97 Å². The lowest BCUT2D eigenvalue weighted by molar-refractivity contribution is -0.145. The van der Waals surface area contributed by atoms with Gasteiger partial charge in [0.25, 0.3) is 0 Å². The molecule has 0 aliphatic carbocycles. The van der Waals surface area contributed by atoms with Gasteiger partial charge in [-0.2, -0.15) is 0 Å². The van der Waals surface area contributed by atoms with E-state index in [-0.39, 0.29) is 17.8 Å². The van der Waals surface area contributed by atoms with Gasteiger partial charge in [-0.05, 0) is 12.8 Å². The van der Waals surface area contributed by atoms with Gasteiger partial charge in [0.1, 0.15) is 6.54 Å². The second-order valence-corrected chi connectivity index (χ2v) is 6.67. The van der Waals surface area contributed by atoms with Crippen molar-refractivity contribution in [3.63, 3.8) is 0 Å². The van der Waals surface area contributed by atoms with E-state index >= 15 is 0 Å². The van der Waals surface area contributed by atoms with Gasteiger partial charge in [0.05, 0.1) is 19.2 Å². The summed E-state index contributed by atoms with van der Waals surface area (Å²) in [5.74, 6) is 1.96. The van der Waals surface area contributed by atoms with Crippen molar-refractivity contribution in [2.75, 3.05) is 26.7 Å². The fourth-order valence-electron chi connectivity index (χ4n) is 3.29. The van der Waals surface area contributed by atoms with Gasteiger partial charge in [0, 0.05) is 25.2 Å². The molecule has 1 aliphatic heterocycles. The summed E-state index contributed by atoms with van der Waals surface area (Å²) in [6, 6.07) is 9.86. The van der Waals surface area contributed by atoms with Crippen LogP contribution in [-0.2, 0) is 16.1 Å². The Morgan fingerprint density at radius 3 is 2.85 bits per heavy atom. The maximum atomic E-state index is 11.9. The molecule has 0 bridgehead atoms. The molecule has 0 amide bonds. The van der Waals surface area contributed by atoms with E-state index in [4.69, 9.17) is 9.15 Å². The van der Waals surface area contributed by atoms with Crippen LogP contribution < -0.4 is 5.32 Å². The van der Waals surface area contributed by atoms with Gasteiger partial charge in [-0.1, -0.05) is 37.3 Å². The number of guanidine groups is 1. The molecule has 2 atom stereocenters. The number of hydrogen-bond donors (Lipinski definition) is 1. The van der Waals surface area contributed by atoms with Crippen molar-refractivity contribution in [1.82, 2.24) is 15.2 Å². The number of ether oxygens (including phenoxy) is 1. The first kappa shape index (κ1) is 18.9. The molecule has 1 aliphatic rings. The normalized spacial score (nSPS) is 20.0. The van der Waals surface area contributed by atoms with Gasteiger partial charge in [-0.3, -0.25) is 4.79 Å². The van der Waals surface area contributed by atoms with Crippen LogP contribution in [0.3, 0.4) is 0 Å². The van der Waals surface area contributed by atoms with Crippen LogP contribution >= 0.6 is 0 Å². The van der Waals surface area contributed by atoms with Crippen molar-refractivity contribution in [2.24, 2.45) is 16.8 Å². The highest BCUT2D eigenvalue weighted by Gasteiger charge is 2.36. The first-order chi connectivity index (χ1) is 13.1. The maximum Gasteiger partial charge on any atom is 0.310 e. The molecule has 2 heterocycles. The number of likely N-dealkylation sites (tertiary alicyclic amines) is 1. The molecule has 27 heavy (non-hydrogen) atoms. The van der Waals surface area contributed by atoms with E-state index in [0.717, 1.165) is 30.4 Å². The zero-order valence-corrected chi connectivity index (χ0v) is 16.0. The van der Waals surface area contributed by atoms with E-state index in [1.54, 1.807) is 6.20 Å². The Morgan fingerprint density at radius 2 is 2.15 bits per heavy atom. The Hall–Kier alpha value is -2.83.